The summed E-state index contributed by atoms with van der Waals surface area (Å²) in [6.07, 6.45) is 0.984. The zero-order valence-corrected chi connectivity index (χ0v) is 14.6. The molecule has 0 aliphatic rings. The molecule has 112 valence electrons. The van der Waals surface area contributed by atoms with E-state index < -0.39 is 15.9 Å². The zero-order valence-electron chi connectivity index (χ0n) is 11.7. The Labute approximate surface area is 143 Å². The van der Waals surface area contributed by atoms with E-state index in [2.05, 4.69) is 11.8 Å². The highest BCUT2D eigenvalue weighted by Crippen LogP contribution is 2.24. The van der Waals surface area contributed by atoms with Crippen LogP contribution in [0.25, 0.3) is 0 Å². The summed E-state index contributed by atoms with van der Waals surface area (Å²) < 4.78 is 25.3. The minimum Gasteiger partial charge on any atom is -0.258 e. The van der Waals surface area contributed by atoms with Crippen molar-refractivity contribution in [3.8, 4) is 11.8 Å². The lowest BCUT2D eigenvalue weighted by Gasteiger charge is -2.18. The monoisotopic (exact) mass is 425 g/mol. The molecule has 2 rings (SSSR count). The highest BCUT2D eigenvalue weighted by Gasteiger charge is 2.25. The lowest BCUT2D eigenvalue weighted by atomic mass is 10.2. The van der Waals surface area contributed by atoms with Gasteiger partial charge in [0.05, 0.1) is 11.9 Å². The first-order chi connectivity index (χ1) is 10.4. The van der Waals surface area contributed by atoms with Gasteiger partial charge in [-0.2, -0.15) is 4.31 Å². The lowest BCUT2D eigenvalue weighted by Crippen LogP contribution is -2.35. The molecule has 0 atom stereocenters. The topological polar surface area (TPSA) is 54.5 Å². The fourth-order valence-corrected chi connectivity index (χ4v) is 3.41. The minimum absolute atomic E-state index is 0.304. The van der Waals surface area contributed by atoms with Gasteiger partial charge in [0.2, 0.25) is 10.0 Å². The third kappa shape index (κ3) is 4.08. The van der Waals surface area contributed by atoms with Crippen molar-refractivity contribution in [3.63, 3.8) is 0 Å². The van der Waals surface area contributed by atoms with E-state index in [0.717, 1.165) is 10.6 Å². The van der Waals surface area contributed by atoms with Crippen LogP contribution in [-0.4, -0.2) is 20.6 Å². The van der Waals surface area contributed by atoms with Gasteiger partial charge in [0, 0.05) is 15.1 Å². The number of para-hydroxylation sites is 1. The Hall–Kier alpha value is -1.85. The number of halogens is 1. The van der Waals surface area contributed by atoms with Crippen molar-refractivity contribution in [2.75, 3.05) is 10.6 Å². The van der Waals surface area contributed by atoms with Crippen LogP contribution in [0.2, 0.25) is 0 Å². The Morgan fingerprint density at radius 2 is 1.64 bits per heavy atom. The first kappa shape index (κ1) is 16.5. The molecular weight excluding hydrogens is 413 g/mol. The van der Waals surface area contributed by atoms with Gasteiger partial charge in [-0.3, -0.25) is 4.79 Å². The summed E-state index contributed by atoms with van der Waals surface area (Å²) in [5, 5.41) is 0. The van der Waals surface area contributed by atoms with Crippen LogP contribution in [0.1, 0.15) is 5.56 Å². The molecule has 0 unspecified atom stereocenters. The molecule has 0 aromatic heterocycles. The van der Waals surface area contributed by atoms with Crippen molar-refractivity contribution >= 4 is 44.2 Å². The first-order valence-electron chi connectivity index (χ1n) is 6.25. The van der Waals surface area contributed by atoms with Crippen LogP contribution < -0.4 is 4.31 Å². The van der Waals surface area contributed by atoms with Crippen LogP contribution in [0.5, 0.6) is 0 Å². The molecule has 2 aromatic carbocycles. The van der Waals surface area contributed by atoms with E-state index in [-0.39, 0.29) is 0 Å². The summed E-state index contributed by atoms with van der Waals surface area (Å²) in [5.41, 5.74) is 0.949. The molecule has 0 aliphatic heterocycles. The van der Waals surface area contributed by atoms with Gasteiger partial charge in [0.15, 0.2) is 0 Å². The Kier molecular flexibility index (Phi) is 5.21. The van der Waals surface area contributed by atoms with Crippen molar-refractivity contribution in [2.45, 2.75) is 0 Å². The zero-order chi connectivity index (χ0) is 16.2. The summed E-state index contributed by atoms with van der Waals surface area (Å²) in [4.78, 5) is 12.3. The Balaban J connectivity index is 2.42. The molecule has 6 heteroatoms. The predicted octanol–water partition coefficient (Wildman–Crippen LogP) is 2.64. The predicted molar refractivity (Wildman–Crippen MR) is 94.8 cm³/mol. The second-order valence-electron chi connectivity index (χ2n) is 4.40. The van der Waals surface area contributed by atoms with Crippen molar-refractivity contribution in [1.82, 2.24) is 0 Å². The number of nitrogens with zero attached hydrogens (tertiary/aromatic N) is 1. The van der Waals surface area contributed by atoms with Crippen molar-refractivity contribution < 1.29 is 13.2 Å². The molecule has 0 saturated carbocycles. The van der Waals surface area contributed by atoms with E-state index in [0.29, 0.717) is 14.8 Å². The van der Waals surface area contributed by atoms with Gasteiger partial charge in [-0.15, -0.1) is 0 Å². The summed E-state index contributed by atoms with van der Waals surface area (Å²) in [5.74, 6) is 4.28. The van der Waals surface area contributed by atoms with Crippen LogP contribution in [0, 0.1) is 15.4 Å². The number of sulfonamides is 1. The highest BCUT2D eigenvalue weighted by molar-refractivity contribution is 14.1. The smallest absolute Gasteiger partial charge is 0.258 e. The second-order valence-corrected chi connectivity index (χ2v) is 7.39. The fourth-order valence-electron chi connectivity index (χ4n) is 1.75. The van der Waals surface area contributed by atoms with Crippen LogP contribution in [-0.2, 0) is 14.8 Å². The number of hydrogen-bond acceptors (Lipinski definition) is 3. The number of anilines is 1. The maximum atomic E-state index is 12.3. The normalized spacial score (nSPS) is 10.5. The first-order valence-corrected chi connectivity index (χ1v) is 9.18. The molecule has 0 fully saturated rings. The Morgan fingerprint density at radius 1 is 1.05 bits per heavy atom. The standard InChI is InChI=1S/C16H12INO3S/c1-22(20,21)18(15-10-6-5-9-14(15)17)16(19)12-11-13-7-3-2-4-8-13/h2-10H,1H3. The average molecular weight is 425 g/mol. The average Bonchev–Trinajstić information content (AvgIpc) is 2.47. The quantitative estimate of drug-likeness (QED) is 0.549. The van der Waals surface area contributed by atoms with E-state index >= 15 is 0 Å². The van der Waals surface area contributed by atoms with Gasteiger partial charge >= 0.3 is 5.91 Å². The van der Waals surface area contributed by atoms with Crippen molar-refractivity contribution in [2.24, 2.45) is 0 Å². The van der Waals surface area contributed by atoms with Crippen LogP contribution in [0.4, 0.5) is 5.69 Å². The fraction of sp³-hybridized carbons (Fsp3) is 0.0625. The minimum atomic E-state index is -3.77. The molecule has 0 N–H and O–H groups in total. The van der Waals surface area contributed by atoms with E-state index in [1.165, 1.54) is 0 Å². The second kappa shape index (κ2) is 6.94. The molecule has 1 amide bonds. The number of carbonyl (C=O) groups excluding carboxylic acids is 1. The Morgan fingerprint density at radius 3 is 2.23 bits per heavy atom. The summed E-state index contributed by atoms with van der Waals surface area (Å²) in [7, 11) is -3.77. The van der Waals surface area contributed by atoms with E-state index in [9.17, 15) is 13.2 Å². The lowest BCUT2D eigenvalue weighted by molar-refractivity contribution is -0.112. The molecule has 0 spiro atoms. The maximum absolute atomic E-state index is 12.3. The molecule has 2 aromatic rings. The molecule has 0 bridgehead atoms. The van der Waals surface area contributed by atoms with E-state index in [4.69, 9.17) is 0 Å². The largest absolute Gasteiger partial charge is 0.317 e. The van der Waals surface area contributed by atoms with Gasteiger partial charge in [-0.05, 0) is 46.9 Å². The van der Waals surface area contributed by atoms with Crippen LogP contribution >= 0.6 is 22.6 Å². The number of hydrogen-bond donors (Lipinski definition) is 0. The third-order valence-corrected chi connectivity index (χ3v) is 4.61. The van der Waals surface area contributed by atoms with Gasteiger partial charge in [0.1, 0.15) is 0 Å². The molecule has 0 heterocycles. The SMILES string of the molecule is CS(=O)(=O)N(C(=O)C#Cc1ccccc1)c1ccccc1I. The van der Waals surface area contributed by atoms with Gasteiger partial charge in [-0.1, -0.05) is 36.3 Å². The molecule has 0 aliphatic carbocycles. The maximum Gasteiger partial charge on any atom is 0.317 e. The number of carbonyl (C=O) groups is 1. The summed E-state index contributed by atoms with van der Waals surface area (Å²) in [6, 6.07) is 15.7. The third-order valence-electron chi connectivity index (χ3n) is 2.67. The van der Waals surface area contributed by atoms with Crippen molar-refractivity contribution in [3.05, 3.63) is 63.7 Å². The van der Waals surface area contributed by atoms with E-state index in [1.807, 2.05) is 28.7 Å². The molecule has 0 radical (unpaired) electrons. The van der Waals surface area contributed by atoms with E-state index in [1.54, 1.807) is 48.5 Å². The molecular formula is C16H12INO3S. The van der Waals surface area contributed by atoms with Gasteiger partial charge in [0.25, 0.3) is 0 Å². The number of benzene rings is 2. The summed E-state index contributed by atoms with van der Waals surface area (Å²) in [6.45, 7) is 0. The van der Waals surface area contributed by atoms with Crippen molar-refractivity contribution in [1.29, 1.82) is 0 Å². The molecule has 4 nitrogen and oxygen atoms in total. The number of amides is 1. The number of rotatable bonds is 2. The molecule has 0 saturated heterocycles. The van der Waals surface area contributed by atoms with Crippen LogP contribution in [0.3, 0.4) is 0 Å². The van der Waals surface area contributed by atoms with Gasteiger partial charge in [-0.25, -0.2) is 8.42 Å². The Bertz CT molecular complexity index is 852. The van der Waals surface area contributed by atoms with Gasteiger partial charge < -0.3 is 0 Å². The molecule has 22 heavy (non-hydrogen) atoms. The van der Waals surface area contributed by atoms with Crippen LogP contribution in [0.15, 0.2) is 54.6 Å². The highest BCUT2D eigenvalue weighted by atomic mass is 127. The summed E-state index contributed by atoms with van der Waals surface area (Å²) >= 11 is 1.98.